The molecular weight excluding hydrogens is 294 g/mol. The van der Waals surface area contributed by atoms with Crippen LogP contribution in [0.3, 0.4) is 0 Å². The Morgan fingerprint density at radius 3 is 2.48 bits per heavy atom. The van der Waals surface area contributed by atoms with Crippen LogP contribution in [0, 0.1) is 0 Å². The summed E-state index contributed by atoms with van der Waals surface area (Å²) in [4.78, 5) is 25.7. The lowest BCUT2D eigenvalue weighted by molar-refractivity contribution is 0.218. The maximum atomic E-state index is 12.2. The van der Waals surface area contributed by atoms with Gasteiger partial charge in [0.05, 0.1) is 5.69 Å². The van der Waals surface area contributed by atoms with Gasteiger partial charge in [0.2, 0.25) is 0 Å². The Morgan fingerprint density at radius 2 is 2.00 bits per heavy atom. The summed E-state index contributed by atoms with van der Waals surface area (Å²) in [6, 6.07) is 6.77. The highest BCUT2D eigenvalue weighted by Gasteiger charge is 2.12. The van der Waals surface area contributed by atoms with Gasteiger partial charge in [0.25, 0.3) is 0 Å². The van der Waals surface area contributed by atoms with E-state index in [4.69, 9.17) is 0 Å². The molecular formula is C16H21N5O2. The van der Waals surface area contributed by atoms with Gasteiger partial charge in [-0.3, -0.25) is 4.57 Å². The molecule has 0 saturated carbocycles. The Labute approximate surface area is 134 Å². The summed E-state index contributed by atoms with van der Waals surface area (Å²) >= 11 is 0. The van der Waals surface area contributed by atoms with Crippen LogP contribution in [0.1, 0.15) is 13.8 Å². The molecule has 0 spiro atoms. The number of benzene rings is 1. The molecule has 0 aliphatic heterocycles. The smallest absolute Gasteiger partial charge is 0.321 e. The number of aromatic nitrogens is 3. The number of carbonyl (C=O) groups excluding carboxylic acids is 1. The Balaban J connectivity index is 2.11. The van der Waals surface area contributed by atoms with Gasteiger partial charge in [-0.05, 0) is 38.1 Å². The second-order valence-corrected chi connectivity index (χ2v) is 5.38. The second-order valence-electron chi connectivity index (χ2n) is 5.38. The molecule has 2 amide bonds. The van der Waals surface area contributed by atoms with E-state index in [9.17, 15) is 9.59 Å². The van der Waals surface area contributed by atoms with Gasteiger partial charge >= 0.3 is 11.7 Å². The van der Waals surface area contributed by atoms with E-state index in [0.717, 1.165) is 5.57 Å². The van der Waals surface area contributed by atoms with Gasteiger partial charge in [0.1, 0.15) is 6.33 Å². The Bertz CT molecular complexity index is 758. The molecule has 1 N–H and O–H groups in total. The third-order valence-corrected chi connectivity index (χ3v) is 3.32. The lowest BCUT2D eigenvalue weighted by Gasteiger charge is -2.21. The van der Waals surface area contributed by atoms with Crippen LogP contribution in [0.2, 0.25) is 0 Å². The number of urea groups is 1. The molecule has 1 heterocycles. The van der Waals surface area contributed by atoms with Gasteiger partial charge in [-0.25, -0.2) is 9.59 Å². The molecule has 0 bridgehead atoms. The molecule has 122 valence electrons. The minimum Gasteiger partial charge on any atom is -0.321 e. The summed E-state index contributed by atoms with van der Waals surface area (Å²) in [6.07, 6.45) is 1.45. The first-order valence-corrected chi connectivity index (χ1v) is 7.33. The molecule has 0 fully saturated rings. The molecule has 23 heavy (non-hydrogen) atoms. The first kappa shape index (κ1) is 16.5. The number of likely N-dealkylation sites (N-methyl/N-ethyl adjacent to an activating group) is 1. The number of hydrogen-bond acceptors (Lipinski definition) is 3. The minimum absolute atomic E-state index is 0.182. The topological polar surface area (TPSA) is 72.2 Å². The lowest BCUT2D eigenvalue weighted by Crippen LogP contribution is -2.35. The van der Waals surface area contributed by atoms with Gasteiger partial charge in [-0.2, -0.15) is 9.78 Å². The highest BCUT2D eigenvalue weighted by Crippen LogP contribution is 2.12. The monoisotopic (exact) mass is 315 g/mol. The van der Waals surface area contributed by atoms with Crippen LogP contribution in [0.5, 0.6) is 0 Å². The number of rotatable bonds is 5. The van der Waals surface area contributed by atoms with E-state index < -0.39 is 0 Å². The second kappa shape index (κ2) is 6.95. The normalized spacial score (nSPS) is 10.4. The fraction of sp³-hybridized carbons (Fsp3) is 0.312. The van der Waals surface area contributed by atoms with Gasteiger partial charge < -0.3 is 10.2 Å². The predicted octanol–water partition coefficient (Wildman–Crippen LogP) is 2.00. The number of amides is 2. The Kier molecular flexibility index (Phi) is 5.00. The van der Waals surface area contributed by atoms with E-state index in [1.165, 1.54) is 15.6 Å². The average molecular weight is 315 g/mol. The third-order valence-electron chi connectivity index (χ3n) is 3.32. The van der Waals surface area contributed by atoms with E-state index in [1.807, 2.05) is 13.8 Å². The van der Waals surface area contributed by atoms with Crippen molar-refractivity contribution in [1.29, 1.82) is 0 Å². The maximum absolute atomic E-state index is 12.2. The predicted molar refractivity (Wildman–Crippen MR) is 89.9 cm³/mol. The van der Waals surface area contributed by atoms with E-state index in [-0.39, 0.29) is 11.7 Å². The Morgan fingerprint density at radius 1 is 1.35 bits per heavy atom. The molecule has 0 unspecified atom stereocenters. The molecule has 2 aromatic rings. The van der Waals surface area contributed by atoms with E-state index in [0.29, 0.717) is 24.5 Å². The SMILES string of the molecule is C=C(C)CN(CC)C(=O)Nc1ccc(-n2ncn(C)c2=O)cc1. The van der Waals surface area contributed by atoms with Crippen LogP contribution in [-0.4, -0.2) is 38.4 Å². The van der Waals surface area contributed by atoms with Gasteiger partial charge in [0, 0.05) is 25.8 Å². The van der Waals surface area contributed by atoms with Crippen molar-refractivity contribution in [2.45, 2.75) is 13.8 Å². The summed E-state index contributed by atoms with van der Waals surface area (Å²) in [5, 5.41) is 6.84. The number of nitrogens with zero attached hydrogens (tertiary/aromatic N) is 4. The lowest BCUT2D eigenvalue weighted by atomic mass is 10.3. The van der Waals surface area contributed by atoms with Gasteiger partial charge in [-0.1, -0.05) is 12.2 Å². The number of hydrogen-bond donors (Lipinski definition) is 1. The number of nitrogens with one attached hydrogen (secondary N) is 1. The zero-order valence-corrected chi connectivity index (χ0v) is 13.6. The highest BCUT2D eigenvalue weighted by atomic mass is 16.2. The number of anilines is 1. The van der Waals surface area contributed by atoms with Crippen LogP contribution in [0.4, 0.5) is 10.5 Å². The third kappa shape index (κ3) is 3.88. The maximum Gasteiger partial charge on any atom is 0.350 e. The van der Waals surface area contributed by atoms with Gasteiger partial charge in [-0.15, -0.1) is 0 Å². The minimum atomic E-state index is -0.222. The van der Waals surface area contributed by atoms with Crippen molar-refractivity contribution in [2.24, 2.45) is 7.05 Å². The van der Waals surface area contributed by atoms with Crippen LogP contribution in [-0.2, 0) is 7.05 Å². The molecule has 7 heteroatoms. The largest absolute Gasteiger partial charge is 0.350 e. The summed E-state index contributed by atoms with van der Waals surface area (Å²) in [5.74, 6) is 0. The van der Waals surface area contributed by atoms with Crippen LogP contribution in [0.15, 0.2) is 47.5 Å². The molecule has 1 aromatic heterocycles. The fourth-order valence-corrected chi connectivity index (χ4v) is 2.10. The summed E-state index contributed by atoms with van der Waals surface area (Å²) in [7, 11) is 1.64. The molecule has 0 atom stereocenters. The molecule has 2 rings (SSSR count). The van der Waals surface area contributed by atoms with E-state index >= 15 is 0 Å². The van der Waals surface area contributed by atoms with E-state index in [1.54, 1.807) is 36.2 Å². The van der Waals surface area contributed by atoms with Crippen molar-refractivity contribution in [3.63, 3.8) is 0 Å². The zero-order valence-electron chi connectivity index (χ0n) is 13.6. The average Bonchev–Trinajstić information content (AvgIpc) is 2.85. The first-order chi connectivity index (χ1) is 10.9. The number of carbonyl (C=O) groups is 1. The van der Waals surface area contributed by atoms with Crippen molar-refractivity contribution >= 4 is 11.7 Å². The first-order valence-electron chi connectivity index (χ1n) is 7.33. The molecule has 0 radical (unpaired) electrons. The molecule has 0 aliphatic carbocycles. The fourth-order valence-electron chi connectivity index (χ4n) is 2.10. The number of aryl methyl sites for hydroxylation is 1. The summed E-state index contributed by atoms with van der Waals surface area (Å²) < 4.78 is 2.69. The van der Waals surface area contributed by atoms with Crippen molar-refractivity contribution in [3.8, 4) is 5.69 Å². The zero-order chi connectivity index (χ0) is 17.0. The molecule has 1 aromatic carbocycles. The van der Waals surface area contributed by atoms with Crippen molar-refractivity contribution in [1.82, 2.24) is 19.2 Å². The quantitative estimate of drug-likeness (QED) is 0.858. The van der Waals surface area contributed by atoms with Crippen LogP contribution >= 0.6 is 0 Å². The standard InChI is InChI=1S/C16H21N5O2/c1-5-20(10-12(2)3)15(22)18-13-6-8-14(9-7-13)21-16(23)19(4)11-17-21/h6-9,11H,2,5,10H2,1,3-4H3,(H,18,22). The van der Waals surface area contributed by atoms with Crippen LogP contribution in [0.25, 0.3) is 5.69 Å². The summed E-state index contributed by atoms with van der Waals surface area (Å²) in [6.45, 7) is 8.74. The van der Waals surface area contributed by atoms with Crippen molar-refractivity contribution in [2.75, 3.05) is 18.4 Å². The van der Waals surface area contributed by atoms with Crippen LogP contribution < -0.4 is 11.0 Å². The molecule has 0 aliphatic rings. The molecule has 7 nitrogen and oxygen atoms in total. The van der Waals surface area contributed by atoms with Crippen molar-refractivity contribution in [3.05, 3.63) is 53.2 Å². The molecule has 0 saturated heterocycles. The Hall–Kier alpha value is -2.83. The van der Waals surface area contributed by atoms with E-state index in [2.05, 4.69) is 17.0 Å². The van der Waals surface area contributed by atoms with Gasteiger partial charge in [0.15, 0.2) is 0 Å². The summed E-state index contributed by atoms with van der Waals surface area (Å²) in [5.41, 5.74) is 2.00. The highest BCUT2D eigenvalue weighted by molar-refractivity contribution is 5.89. The van der Waals surface area contributed by atoms with Crippen molar-refractivity contribution < 1.29 is 4.79 Å².